The molecule has 0 aliphatic heterocycles. The number of fused-ring (bicyclic) bond motifs is 3. The van der Waals surface area contributed by atoms with E-state index in [9.17, 15) is 0 Å². The van der Waals surface area contributed by atoms with Gasteiger partial charge in [0.05, 0.1) is 0 Å². The Bertz CT molecular complexity index is 581. The van der Waals surface area contributed by atoms with E-state index in [0.29, 0.717) is 21.7 Å². The minimum Gasteiger partial charge on any atom is -0.0596 e. The van der Waals surface area contributed by atoms with Crippen LogP contribution in [0.3, 0.4) is 0 Å². The summed E-state index contributed by atoms with van der Waals surface area (Å²) in [5, 5.41) is 0. The normalized spacial score (nSPS) is 35.1. The molecule has 0 N–H and O–H groups in total. The summed E-state index contributed by atoms with van der Waals surface area (Å²) in [6.07, 6.45) is 37.2. The molecule has 0 bridgehead atoms. The van der Waals surface area contributed by atoms with Crippen LogP contribution in [0, 0.1) is 45.3 Å². The SMILES string of the molecule is C1CCCCCCCCCCCCCCCCCCC1.CC1(C)CCC(C)(C)C2C1CC1C2C(C)(C)CCC1(C)C. The summed E-state index contributed by atoms with van der Waals surface area (Å²) in [5.41, 5.74) is 2.21. The second-order valence-electron chi connectivity index (χ2n) is 18.5. The Labute approximate surface area is 260 Å². The van der Waals surface area contributed by atoms with Crippen molar-refractivity contribution in [3.05, 3.63) is 0 Å². The Balaban J connectivity index is 0.000000226. The number of hydrogen-bond acceptors (Lipinski definition) is 0. The fraction of sp³-hybridized carbons (Fsp3) is 1.00. The molecule has 4 rings (SSSR count). The van der Waals surface area contributed by atoms with Crippen molar-refractivity contribution < 1.29 is 0 Å². The molecule has 4 saturated carbocycles. The fourth-order valence-electron chi connectivity index (χ4n) is 10.3. The molecule has 4 aliphatic carbocycles. The largest absolute Gasteiger partial charge is 0.0596 e. The smallest absolute Gasteiger partial charge is 0.0293 e. The molecule has 0 nitrogen and oxygen atoms in total. The molecule has 0 aromatic heterocycles. The summed E-state index contributed by atoms with van der Waals surface area (Å²) in [6.45, 7) is 20.6. The third-order valence-corrected chi connectivity index (χ3v) is 13.4. The van der Waals surface area contributed by atoms with E-state index in [1.807, 2.05) is 0 Å². The summed E-state index contributed by atoms with van der Waals surface area (Å²) in [7, 11) is 0. The maximum Gasteiger partial charge on any atom is -0.0293 e. The maximum absolute atomic E-state index is 2.58. The van der Waals surface area contributed by atoms with E-state index in [1.54, 1.807) is 0 Å². The zero-order chi connectivity index (χ0) is 30.0. The summed E-state index contributed by atoms with van der Waals surface area (Å²) in [4.78, 5) is 0. The van der Waals surface area contributed by atoms with Gasteiger partial charge in [0.2, 0.25) is 0 Å². The van der Waals surface area contributed by atoms with Crippen molar-refractivity contribution >= 4 is 0 Å². The Morgan fingerprint density at radius 1 is 0.268 bits per heavy atom. The van der Waals surface area contributed by atoms with Crippen LogP contribution in [0.1, 0.15) is 216 Å². The van der Waals surface area contributed by atoms with Gasteiger partial charge in [0.1, 0.15) is 0 Å². The molecule has 242 valence electrons. The van der Waals surface area contributed by atoms with Crippen molar-refractivity contribution in [3.8, 4) is 0 Å². The number of hydrogen-bond donors (Lipinski definition) is 0. The second-order valence-corrected chi connectivity index (χ2v) is 18.5. The van der Waals surface area contributed by atoms with Gasteiger partial charge in [0, 0.05) is 0 Å². The van der Waals surface area contributed by atoms with Crippen molar-refractivity contribution in [2.45, 2.75) is 216 Å². The molecular formula is C41H78. The van der Waals surface area contributed by atoms with Crippen LogP contribution in [-0.4, -0.2) is 0 Å². The highest BCUT2D eigenvalue weighted by molar-refractivity contribution is 5.12. The van der Waals surface area contributed by atoms with E-state index in [1.165, 1.54) is 161 Å². The molecule has 4 fully saturated rings. The maximum atomic E-state index is 2.58. The van der Waals surface area contributed by atoms with Crippen LogP contribution in [0.4, 0.5) is 0 Å². The molecule has 0 saturated heterocycles. The molecule has 0 radical (unpaired) electrons. The average Bonchev–Trinajstić information content (AvgIpc) is 3.36. The van der Waals surface area contributed by atoms with E-state index in [-0.39, 0.29) is 0 Å². The molecule has 0 aromatic carbocycles. The van der Waals surface area contributed by atoms with Crippen molar-refractivity contribution in [1.82, 2.24) is 0 Å². The van der Waals surface area contributed by atoms with Crippen LogP contribution in [0.2, 0.25) is 0 Å². The van der Waals surface area contributed by atoms with Gasteiger partial charge in [0.25, 0.3) is 0 Å². The van der Waals surface area contributed by atoms with E-state index in [2.05, 4.69) is 55.4 Å². The van der Waals surface area contributed by atoms with E-state index in [0.717, 1.165) is 23.7 Å². The van der Waals surface area contributed by atoms with Crippen LogP contribution in [0.5, 0.6) is 0 Å². The van der Waals surface area contributed by atoms with Crippen molar-refractivity contribution in [2.75, 3.05) is 0 Å². The zero-order valence-electron chi connectivity index (χ0n) is 30.0. The first-order valence-electron chi connectivity index (χ1n) is 19.4. The molecule has 0 spiro atoms. The second kappa shape index (κ2) is 16.4. The molecule has 0 aromatic rings. The Morgan fingerprint density at radius 2 is 0.439 bits per heavy atom. The number of rotatable bonds is 0. The predicted molar refractivity (Wildman–Crippen MR) is 185 cm³/mol. The van der Waals surface area contributed by atoms with Gasteiger partial charge in [-0.1, -0.05) is 184 Å². The first-order chi connectivity index (χ1) is 19.4. The van der Waals surface area contributed by atoms with E-state index >= 15 is 0 Å². The third kappa shape index (κ3) is 10.5. The van der Waals surface area contributed by atoms with Crippen LogP contribution >= 0.6 is 0 Å². The van der Waals surface area contributed by atoms with Gasteiger partial charge in [-0.15, -0.1) is 0 Å². The average molecular weight is 571 g/mol. The first-order valence-corrected chi connectivity index (χ1v) is 19.4. The molecule has 4 aliphatic rings. The summed E-state index contributed by atoms with van der Waals surface area (Å²) in [6, 6.07) is 0. The lowest BCUT2D eigenvalue weighted by molar-refractivity contribution is -0.0776. The molecule has 4 atom stereocenters. The van der Waals surface area contributed by atoms with Crippen LogP contribution in [0.25, 0.3) is 0 Å². The lowest BCUT2D eigenvalue weighted by Gasteiger charge is -2.56. The lowest BCUT2D eigenvalue weighted by atomic mass is 9.48. The van der Waals surface area contributed by atoms with Crippen molar-refractivity contribution in [1.29, 1.82) is 0 Å². The summed E-state index contributed by atoms with van der Waals surface area (Å²) < 4.78 is 0. The van der Waals surface area contributed by atoms with Gasteiger partial charge >= 0.3 is 0 Å². The quantitative estimate of drug-likeness (QED) is 0.272. The minimum atomic E-state index is 0.546. The standard InChI is InChI=1S/C21H38.C20H40/c1-18(2)9-11-20(5,6)16-14(18)13-15-17(16)21(7,8)12-10-19(15,3)4;1-2-4-6-8-10-12-14-16-18-20-19-17-15-13-11-9-7-5-3-1/h14-17H,9-13H2,1-8H3;1-20H2. The lowest BCUT2D eigenvalue weighted by Crippen LogP contribution is -2.49. The Hall–Kier alpha value is 0. The third-order valence-electron chi connectivity index (χ3n) is 13.4. The predicted octanol–water partition coefficient (Wildman–Crippen LogP) is 14.3. The van der Waals surface area contributed by atoms with Gasteiger partial charge in [-0.3, -0.25) is 0 Å². The molecular weight excluding hydrogens is 492 g/mol. The van der Waals surface area contributed by atoms with E-state index in [4.69, 9.17) is 0 Å². The van der Waals surface area contributed by atoms with E-state index < -0.39 is 0 Å². The minimum absolute atomic E-state index is 0.546. The van der Waals surface area contributed by atoms with Gasteiger partial charge in [-0.05, 0) is 77.4 Å². The summed E-state index contributed by atoms with van der Waals surface area (Å²) >= 11 is 0. The van der Waals surface area contributed by atoms with Gasteiger partial charge in [-0.2, -0.15) is 0 Å². The van der Waals surface area contributed by atoms with Gasteiger partial charge in [-0.25, -0.2) is 0 Å². The fourth-order valence-corrected chi connectivity index (χ4v) is 10.3. The Morgan fingerprint density at radius 3 is 0.634 bits per heavy atom. The highest BCUT2D eigenvalue weighted by atomic mass is 14.7. The molecule has 0 heteroatoms. The molecule has 0 amide bonds. The van der Waals surface area contributed by atoms with Gasteiger partial charge < -0.3 is 0 Å². The Kier molecular flexibility index (Phi) is 14.1. The summed E-state index contributed by atoms with van der Waals surface area (Å²) in [5.74, 6) is 3.79. The van der Waals surface area contributed by atoms with Crippen LogP contribution < -0.4 is 0 Å². The highest BCUT2D eigenvalue weighted by Gasteiger charge is 2.63. The van der Waals surface area contributed by atoms with Crippen LogP contribution in [0.15, 0.2) is 0 Å². The van der Waals surface area contributed by atoms with Crippen molar-refractivity contribution in [2.24, 2.45) is 45.3 Å². The first kappa shape index (κ1) is 35.5. The highest BCUT2D eigenvalue weighted by Crippen LogP contribution is 2.71. The molecule has 41 heavy (non-hydrogen) atoms. The van der Waals surface area contributed by atoms with Crippen molar-refractivity contribution in [3.63, 3.8) is 0 Å². The topological polar surface area (TPSA) is 0 Å². The van der Waals surface area contributed by atoms with Gasteiger partial charge in [0.15, 0.2) is 0 Å². The van der Waals surface area contributed by atoms with Crippen LogP contribution in [-0.2, 0) is 0 Å². The zero-order valence-corrected chi connectivity index (χ0v) is 30.0. The monoisotopic (exact) mass is 571 g/mol. The molecule has 4 unspecified atom stereocenters. The molecule has 0 heterocycles.